The normalized spacial score (nSPS) is 12.0. The van der Waals surface area contributed by atoms with E-state index in [4.69, 9.17) is 34.8 Å². The first kappa shape index (κ1) is 17.1. The van der Waals surface area contributed by atoms with Crippen molar-refractivity contribution >= 4 is 46.4 Å². The summed E-state index contributed by atoms with van der Waals surface area (Å²) in [5.74, 6) is -0.228. The number of hydrogen-bond acceptors (Lipinski definition) is 2. The quantitative estimate of drug-likeness (QED) is 0.796. The molecule has 2 aromatic carbocycles. The molecule has 0 unspecified atom stereocenters. The number of hydrogen-bond donors (Lipinski definition) is 2. The smallest absolute Gasteiger partial charge is 0.238 e. The van der Waals surface area contributed by atoms with Gasteiger partial charge in [0.1, 0.15) is 0 Å². The van der Waals surface area contributed by atoms with Gasteiger partial charge >= 0.3 is 0 Å². The van der Waals surface area contributed by atoms with E-state index in [2.05, 4.69) is 10.6 Å². The maximum atomic E-state index is 12.0. The van der Waals surface area contributed by atoms with E-state index in [9.17, 15) is 4.79 Å². The lowest BCUT2D eigenvalue weighted by Gasteiger charge is -2.16. The lowest BCUT2D eigenvalue weighted by atomic mass is 10.1. The summed E-state index contributed by atoms with van der Waals surface area (Å²) in [7, 11) is 0. The molecule has 6 heteroatoms. The number of carbonyl (C=O) groups is 1. The molecule has 0 spiro atoms. The van der Waals surface area contributed by atoms with Gasteiger partial charge in [-0.05, 0) is 30.7 Å². The Hall–Kier alpha value is -1.26. The standard InChI is InChI=1S/C16H15Cl3N2O/c1-10(11-5-2-3-6-12(11)17)20-9-15(22)21-16-13(18)7-4-8-14(16)19/h2-8,10,20H,9H2,1H3,(H,21,22)/t10-/m0/s1. The van der Waals surface area contributed by atoms with Crippen LogP contribution in [0.5, 0.6) is 0 Å². The van der Waals surface area contributed by atoms with E-state index in [1.54, 1.807) is 18.2 Å². The molecule has 0 bridgehead atoms. The summed E-state index contributed by atoms with van der Waals surface area (Å²) in [5.41, 5.74) is 1.36. The highest BCUT2D eigenvalue weighted by atomic mass is 35.5. The highest BCUT2D eigenvalue weighted by Gasteiger charge is 2.12. The van der Waals surface area contributed by atoms with Crippen LogP contribution in [0, 0.1) is 0 Å². The van der Waals surface area contributed by atoms with Gasteiger partial charge in [0.05, 0.1) is 22.3 Å². The highest BCUT2D eigenvalue weighted by Crippen LogP contribution is 2.29. The molecule has 1 atom stereocenters. The molecule has 0 aliphatic rings. The molecule has 3 nitrogen and oxygen atoms in total. The lowest BCUT2D eigenvalue weighted by molar-refractivity contribution is -0.115. The number of nitrogens with one attached hydrogen (secondary N) is 2. The number of para-hydroxylation sites is 1. The Morgan fingerprint density at radius 3 is 2.23 bits per heavy atom. The molecule has 0 heterocycles. The van der Waals surface area contributed by atoms with Crippen LogP contribution in [0.3, 0.4) is 0 Å². The molecule has 2 aromatic rings. The Morgan fingerprint density at radius 1 is 1.00 bits per heavy atom. The van der Waals surface area contributed by atoms with Crippen molar-refractivity contribution < 1.29 is 4.79 Å². The maximum Gasteiger partial charge on any atom is 0.238 e. The fraction of sp³-hybridized carbons (Fsp3) is 0.188. The minimum Gasteiger partial charge on any atom is -0.322 e. The van der Waals surface area contributed by atoms with Crippen LogP contribution in [-0.4, -0.2) is 12.5 Å². The van der Waals surface area contributed by atoms with Crippen LogP contribution in [0.2, 0.25) is 15.1 Å². The molecule has 0 aromatic heterocycles. The minimum atomic E-state index is -0.228. The summed E-state index contributed by atoms with van der Waals surface area (Å²) < 4.78 is 0. The molecule has 22 heavy (non-hydrogen) atoms. The van der Waals surface area contributed by atoms with Crippen LogP contribution in [0.15, 0.2) is 42.5 Å². The molecule has 0 saturated carbocycles. The number of carbonyl (C=O) groups excluding carboxylic acids is 1. The van der Waals surface area contributed by atoms with Crippen molar-refractivity contribution in [1.82, 2.24) is 5.32 Å². The van der Waals surface area contributed by atoms with E-state index >= 15 is 0 Å². The van der Waals surface area contributed by atoms with Gasteiger partial charge in [0, 0.05) is 11.1 Å². The Labute approximate surface area is 144 Å². The zero-order valence-electron chi connectivity index (χ0n) is 11.9. The number of anilines is 1. The van der Waals surface area contributed by atoms with Crippen molar-refractivity contribution in [2.45, 2.75) is 13.0 Å². The van der Waals surface area contributed by atoms with Gasteiger partial charge in [0.15, 0.2) is 0 Å². The predicted molar refractivity (Wildman–Crippen MR) is 93.0 cm³/mol. The molecule has 2 N–H and O–H groups in total. The molecule has 0 fully saturated rings. The van der Waals surface area contributed by atoms with Crippen LogP contribution in [0.1, 0.15) is 18.5 Å². The summed E-state index contributed by atoms with van der Waals surface area (Å²) in [6.07, 6.45) is 0. The first-order valence-corrected chi connectivity index (χ1v) is 7.84. The van der Waals surface area contributed by atoms with Gasteiger partial charge in [0.2, 0.25) is 5.91 Å². The van der Waals surface area contributed by atoms with E-state index in [0.29, 0.717) is 20.8 Å². The number of rotatable bonds is 5. The third-order valence-electron chi connectivity index (χ3n) is 3.17. The van der Waals surface area contributed by atoms with Crippen molar-refractivity contribution in [2.24, 2.45) is 0 Å². The van der Waals surface area contributed by atoms with Crippen LogP contribution >= 0.6 is 34.8 Å². The topological polar surface area (TPSA) is 41.1 Å². The number of benzene rings is 2. The second-order valence-corrected chi connectivity index (χ2v) is 5.99. The maximum absolute atomic E-state index is 12.0. The van der Waals surface area contributed by atoms with Crippen LogP contribution < -0.4 is 10.6 Å². The second kappa shape index (κ2) is 7.84. The SMILES string of the molecule is C[C@H](NCC(=O)Nc1c(Cl)cccc1Cl)c1ccccc1Cl. The lowest BCUT2D eigenvalue weighted by Crippen LogP contribution is -2.30. The van der Waals surface area contributed by atoms with Gasteiger partial charge in [-0.1, -0.05) is 59.1 Å². The Balaban J connectivity index is 1.95. The van der Waals surface area contributed by atoms with E-state index < -0.39 is 0 Å². The predicted octanol–water partition coefficient (Wildman–Crippen LogP) is 4.94. The van der Waals surface area contributed by atoms with Crippen molar-refractivity contribution in [3.05, 3.63) is 63.1 Å². The number of amides is 1. The Bertz CT molecular complexity index is 656. The molecule has 1 amide bonds. The monoisotopic (exact) mass is 356 g/mol. The van der Waals surface area contributed by atoms with E-state index in [-0.39, 0.29) is 18.5 Å². The van der Waals surface area contributed by atoms with Gasteiger partial charge in [-0.3, -0.25) is 4.79 Å². The van der Waals surface area contributed by atoms with Crippen LogP contribution in [0.4, 0.5) is 5.69 Å². The largest absolute Gasteiger partial charge is 0.322 e. The average molecular weight is 358 g/mol. The molecule has 0 saturated heterocycles. The molecule has 0 radical (unpaired) electrons. The molecular formula is C16H15Cl3N2O. The van der Waals surface area contributed by atoms with E-state index in [0.717, 1.165) is 5.56 Å². The molecule has 0 aliphatic carbocycles. The van der Waals surface area contributed by atoms with Crippen LogP contribution in [0.25, 0.3) is 0 Å². The second-order valence-electron chi connectivity index (χ2n) is 4.77. The zero-order chi connectivity index (χ0) is 16.1. The first-order valence-electron chi connectivity index (χ1n) is 6.70. The summed E-state index contributed by atoms with van der Waals surface area (Å²) in [6.45, 7) is 2.06. The van der Waals surface area contributed by atoms with Gasteiger partial charge in [0.25, 0.3) is 0 Å². The zero-order valence-corrected chi connectivity index (χ0v) is 14.1. The third kappa shape index (κ3) is 4.37. The molecule has 0 aliphatic heterocycles. The van der Waals surface area contributed by atoms with Crippen molar-refractivity contribution in [1.29, 1.82) is 0 Å². The highest BCUT2D eigenvalue weighted by molar-refractivity contribution is 6.39. The fourth-order valence-corrected chi connectivity index (χ4v) is 2.77. The van der Waals surface area contributed by atoms with Gasteiger partial charge in [-0.2, -0.15) is 0 Å². The van der Waals surface area contributed by atoms with Gasteiger partial charge in [-0.15, -0.1) is 0 Å². The average Bonchev–Trinajstić information content (AvgIpc) is 2.49. The van der Waals surface area contributed by atoms with Crippen molar-refractivity contribution in [3.63, 3.8) is 0 Å². The van der Waals surface area contributed by atoms with Crippen LogP contribution in [-0.2, 0) is 4.79 Å². The minimum absolute atomic E-state index is 0.0545. The molecule has 116 valence electrons. The summed E-state index contributed by atoms with van der Waals surface area (Å²) >= 11 is 18.2. The van der Waals surface area contributed by atoms with Crippen molar-refractivity contribution in [2.75, 3.05) is 11.9 Å². The summed E-state index contributed by atoms with van der Waals surface area (Å²) in [5, 5.41) is 7.29. The molecular weight excluding hydrogens is 343 g/mol. The van der Waals surface area contributed by atoms with E-state index in [1.165, 1.54) is 0 Å². The first-order chi connectivity index (χ1) is 10.5. The van der Waals surface area contributed by atoms with E-state index in [1.807, 2.05) is 31.2 Å². The van der Waals surface area contributed by atoms with Gasteiger partial charge < -0.3 is 10.6 Å². The fourth-order valence-electron chi connectivity index (χ4n) is 1.98. The Morgan fingerprint density at radius 2 is 1.59 bits per heavy atom. The Kier molecular flexibility index (Phi) is 6.09. The summed E-state index contributed by atoms with van der Waals surface area (Å²) in [4.78, 5) is 12.0. The van der Waals surface area contributed by atoms with Crippen molar-refractivity contribution in [3.8, 4) is 0 Å². The van der Waals surface area contributed by atoms with Gasteiger partial charge in [-0.25, -0.2) is 0 Å². The third-order valence-corrected chi connectivity index (χ3v) is 4.14. The molecule has 2 rings (SSSR count). The number of halogens is 3. The summed E-state index contributed by atoms with van der Waals surface area (Å²) in [6, 6.07) is 12.5.